The molecule has 2 aromatic heterocycles. The summed E-state index contributed by atoms with van der Waals surface area (Å²) in [5.41, 5.74) is 4.95. The standard InChI is InChI=1S/C21H24N6O2/c1-13-4-5-17(14(2)10-13)24-20-25-18(11-19(28)26-20)16-12-22-21(23-15(16)3)27-6-8-29-9-7-27/h4-5,10-12H,6-9H2,1-3H3,(H2,24,25,26,28). The Hall–Kier alpha value is -3.26. The molecule has 0 atom stereocenters. The number of hydrogen-bond donors (Lipinski definition) is 2. The number of anilines is 3. The zero-order valence-electron chi connectivity index (χ0n) is 16.8. The molecule has 0 unspecified atom stereocenters. The van der Waals surface area contributed by atoms with Crippen LogP contribution in [-0.4, -0.2) is 46.2 Å². The van der Waals surface area contributed by atoms with Crippen LogP contribution in [0.15, 0.2) is 35.3 Å². The van der Waals surface area contributed by atoms with Crippen LogP contribution in [0.3, 0.4) is 0 Å². The summed E-state index contributed by atoms with van der Waals surface area (Å²) in [5.74, 6) is 1.06. The lowest BCUT2D eigenvalue weighted by molar-refractivity contribution is 0.122. The Bertz CT molecular complexity index is 1090. The zero-order valence-corrected chi connectivity index (χ0v) is 16.8. The molecular formula is C21H24N6O2. The number of aromatic amines is 1. The van der Waals surface area contributed by atoms with Crippen LogP contribution in [0.25, 0.3) is 11.3 Å². The highest BCUT2D eigenvalue weighted by Gasteiger charge is 2.16. The lowest BCUT2D eigenvalue weighted by Crippen LogP contribution is -2.37. The lowest BCUT2D eigenvalue weighted by Gasteiger charge is -2.27. The van der Waals surface area contributed by atoms with Gasteiger partial charge in [0.15, 0.2) is 0 Å². The Morgan fingerprint density at radius 3 is 2.62 bits per heavy atom. The van der Waals surface area contributed by atoms with Crippen LogP contribution in [0.4, 0.5) is 17.6 Å². The third-order valence-electron chi connectivity index (χ3n) is 4.91. The minimum absolute atomic E-state index is 0.237. The summed E-state index contributed by atoms with van der Waals surface area (Å²) >= 11 is 0. The number of nitrogens with zero attached hydrogens (tertiary/aromatic N) is 4. The average Bonchev–Trinajstić information content (AvgIpc) is 2.70. The summed E-state index contributed by atoms with van der Waals surface area (Å²) in [7, 11) is 0. The molecule has 0 bridgehead atoms. The number of ether oxygens (including phenoxy) is 1. The third kappa shape index (κ3) is 4.27. The van der Waals surface area contributed by atoms with E-state index in [1.807, 2.05) is 32.9 Å². The van der Waals surface area contributed by atoms with Crippen molar-refractivity contribution >= 4 is 17.6 Å². The molecule has 3 heterocycles. The monoisotopic (exact) mass is 392 g/mol. The van der Waals surface area contributed by atoms with Gasteiger partial charge in [0.25, 0.3) is 5.56 Å². The second kappa shape index (κ2) is 8.00. The molecule has 2 N–H and O–H groups in total. The minimum atomic E-state index is -0.237. The van der Waals surface area contributed by atoms with Gasteiger partial charge in [-0.15, -0.1) is 0 Å². The Morgan fingerprint density at radius 2 is 1.90 bits per heavy atom. The van der Waals surface area contributed by atoms with E-state index >= 15 is 0 Å². The van der Waals surface area contributed by atoms with Crippen molar-refractivity contribution in [3.63, 3.8) is 0 Å². The molecule has 0 aliphatic carbocycles. The molecule has 150 valence electrons. The van der Waals surface area contributed by atoms with Gasteiger partial charge in [-0.05, 0) is 32.4 Å². The molecule has 1 aromatic carbocycles. The Morgan fingerprint density at radius 1 is 1.10 bits per heavy atom. The summed E-state index contributed by atoms with van der Waals surface area (Å²) in [4.78, 5) is 30.8. The molecular weight excluding hydrogens is 368 g/mol. The molecule has 4 rings (SSSR count). The van der Waals surface area contributed by atoms with Gasteiger partial charge < -0.3 is 15.0 Å². The summed E-state index contributed by atoms with van der Waals surface area (Å²) < 4.78 is 5.38. The minimum Gasteiger partial charge on any atom is -0.378 e. The number of morpholine rings is 1. The van der Waals surface area contributed by atoms with E-state index in [4.69, 9.17) is 4.74 Å². The number of aryl methyl sites for hydroxylation is 3. The van der Waals surface area contributed by atoms with Crippen LogP contribution < -0.4 is 15.8 Å². The first-order valence-corrected chi connectivity index (χ1v) is 9.62. The average molecular weight is 392 g/mol. The largest absolute Gasteiger partial charge is 0.378 e. The summed E-state index contributed by atoms with van der Waals surface area (Å²) in [6.45, 7) is 8.85. The summed E-state index contributed by atoms with van der Waals surface area (Å²) in [6.07, 6.45) is 1.73. The molecule has 0 spiro atoms. The first-order chi connectivity index (χ1) is 14.0. The van der Waals surface area contributed by atoms with Crippen LogP contribution in [-0.2, 0) is 4.74 Å². The van der Waals surface area contributed by atoms with E-state index in [2.05, 4.69) is 36.2 Å². The highest BCUT2D eigenvalue weighted by molar-refractivity contribution is 5.65. The first-order valence-electron chi connectivity index (χ1n) is 9.62. The van der Waals surface area contributed by atoms with E-state index in [0.29, 0.717) is 30.8 Å². The van der Waals surface area contributed by atoms with E-state index in [0.717, 1.165) is 35.6 Å². The van der Waals surface area contributed by atoms with E-state index in [-0.39, 0.29) is 5.56 Å². The van der Waals surface area contributed by atoms with Crippen molar-refractivity contribution in [2.75, 3.05) is 36.5 Å². The highest BCUT2D eigenvalue weighted by atomic mass is 16.5. The number of benzene rings is 1. The number of H-pyrrole nitrogens is 1. The van der Waals surface area contributed by atoms with Gasteiger partial charge in [0.1, 0.15) is 0 Å². The third-order valence-corrected chi connectivity index (χ3v) is 4.91. The molecule has 1 aliphatic rings. The van der Waals surface area contributed by atoms with Crippen LogP contribution in [0.1, 0.15) is 16.8 Å². The van der Waals surface area contributed by atoms with Crippen molar-refractivity contribution in [1.29, 1.82) is 0 Å². The molecule has 29 heavy (non-hydrogen) atoms. The number of aromatic nitrogens is 4. The zero-order chi connectivity index (χ0) is 20.4. The van der Waals surface area contributed by atoms with Crippen LogP contribution >= 0.6 is 0 Å². The second-order valence-electron chi connectivity index (χ2n) is 7.19. The van der Waals surface area contributed by atoms with Gasteiger partial charge in [-0.25, -0.2) is 15.0 Å². The van der Waals surface area contributed by atoms with E-state index < -0.39 is 0 Å². The molecule has 0 saturated carbocycles. The smallest absolute Gasteiger partial charge is 0.252 e. The maximum Gasteiger partial charge on any atom is 0.252 e. The topological polar surface area (TPSA) is 96.0 Å². The molecule has 1 saturated heterocycles. The van der Waals surface area contributed by atoms with Crippen molar-refractivity contribution in [2.45, 2.75) is 20.8 Å². The van der Waals surface area contributed by atoms with E-state index in [9.17, 15) is 4.79 Å². The van der Waals surface area contributed by atoms with Crippen molar-refractivity contribution < 1.29 is 4.74 Å². The lowest BCUT2D eigenvalue weighted by atomic mass is 10.1. The highest BCUT2D eigenvalue weighted by Crippen LogP contribution is 2.23. The van der Waals surface area contributed by atoms with Gasteiger partial charge in [0.2, 0.25) is 11.9 Å². The fourth-order valence-corrected chi connectivity index (χ4v) is 3.36. The van der Waals surface area contributed by atoms with Crippen LogP contribution in [0, 0.1) is 20.8 Å². The van der Waals surface area contributed by atoms with Gasteiger partial charge in [0.05, 0.1) is 24.6 Å². The maximum absolute atomic E-state index is 12.2. The molecule has 0 radical (unpaired) electrons. The molecule has 3 aromatic rings. The van der Waals surface area contributed by atoms with Crippen molar-refractivity contribution in [3.8, 4) is 11.3 Å². The van der Waals surface area contributed by atoms with Gasteiger partial charge in [0, 0.05) is 36.6 Å². The number of rotatable bonds is 4. The Labute approximate surface area is 169 Å². The SMILES string of the molecule is Cc1ccc(Nc2nc(-c3cnc(N4CCOCC4)nc3C)cc(=O)[nH]2)c(C)c1. The fraction of sp³-hybridized carbons (Fsp3) is 0.333. The van der Waals surface area contributed by atoms with Crippen LogP contribution in [0.2, 0.25) is 0 Å². The molecule has 1 fully saturated rings. The van der Waals surface area contributed by atoms with E-state index in [1.165, 1.54) is 11.6 Å². The number of hydrogen-bond acceptors (Lipinski definition) is 7. The van der Waals surface area contributed by atoms with E-state index in [1.54, 1.807) is 6.20 Å². The quantitative estimate of drug-likeness (QED) is 0.705. The van der Waals surface area contributed by atoms with Crippen molar-refractivity contribution in [2.24, 2.45) is 0 Å². The van der Waals surface area contributed by atoms with Crippen molar-refractivity contribution in [1.82, 2.24) is 19.9 Å². The predicted octanol–water partition coefficient (Wildman–Crippen LogP) is 2.73. The number of nitrogens with one attached hydrogen (secondary N) is 2. The van der Waals surface area contributed by atoms with Gasteiger partial charge in [-0.1, -0.05) is 17.7 Å². The van der Waals surface area contributed by atoms with Crippen molar-refractivity contribution in [3.05, 3.63) is 57.6 Å². The first kappa shape index (κ1) is 19.1. The maximum atomic E-state index is 12.2. The molecule has 0 amide bonds. The molecule has 8 nitrogen and oxygen atoms in total. The fourth-order valence-electron chi connectivity index (χ4n) is 3.36. The molecule has 1 aliphatic heterocycles. The van der Waals surface area contributed by atoms with Crippen LogP contribution in [0.5, 0.6) is 0 Å². The summed E-state index contributed by atoms with van der Waals surface area (Å²) in [5, 5.41) is 3.20. The summed E-state index contributed by atoms with van der Waals surface area (Å²) in [6, 6.07) is 7.53. The second-order valence-corrected chi connectivity index (χ2v) is 7.19. The predicted molar refractivity (Wildman–Crippen MR) is 113 cm³/mol. The van der Waals surface area contributed by atoms with Gasteiger partial charge in [-0.3, -0.25) is 9.78 Å². The van der Waals surface area contributed by atoms with Gasteiger partial charge >= 0.3 is 0 Å². The van der Waals surface area contributed by atoms with Gasteiger partial charge in [-0.2, -0.15) is 0 Å². The Balaban J connectivity index is 1.64. The normalized spacial score (nSPS) is 14.1. The Kier molecular flexibility index (Phi) is 5.26. The molecule has 8 heteroatoms.